The highest BCUT2D eigenvalue weighted by Gasteiger charge is 2.44. The van der Waals surface area contributed by atoms with Crippen LogP contribution in [0.25, 0.3) is 0 Å². The average molecular weight is 247 g/mol. The van der Waals surface area contributed by atoms with Crippen molar-refractivity contribution in [1.29, 1.82) is 0 Å². The van der Waals surface area contributed by atoms with Crippen LogP contribution in [0.3, 0.4) is 0 Å². The quantitative estimate of drug-likeness (QED) is 0.736. The maximum absolute atomic E-state index is 12.2. The van der Waals surface area contributed by atoms with Crippen LogP contribution in [0.4, 0.5) is 0 Å². The van der Waals surface area contributed by atoms with Crippen molar-refractivity contribution in [3.05, 3.63) is 0 Å². The molecule has 2 atom stereocenters. The van der Waals surface area contributed by atoms with Crippen molar-refractivity contribution in [3.63, 3.8) is 0 Å². The molecule has 2 unspecified atom stereocenters. The number of fused-ring (bicyclic) bond motifs is 2. The number of hydrogen-bond donors (Lipinski definition) is 2. The Kier molecular flexibility index (Phi) is 3.03. The van der Waals surface area contributed by atoms with Gasteiger partial charge in [0.2, 0.25) is 0 Å². The molecule has 0 spiro atoms. The summed E-state index contributed by atoms with van der Waals surface area (Å²) in [5.41, 5.74) is 4.97. The van der Waals surface area contributed by atoms with Crippen molar-refractivity contribution in [2.24, 2.45) is 11.7 Å². The third-order valence-electron chi connectivity index (χ3n) is 3.58. The van der Waals surface area contributed by atoms with Crippen LogP contribution in [-0.4, -0.2) is 37.4 Å². The van der Waals surface area contributed by atoms with E-state index < -0.39 is 15.7 Å². The van der Waals surface area contributed by atoms with Gasteiger partial charge in [0.05, 0.1) is 0 Å². The van der Waals surface area contributed by atoms with Gasteiger partial charge in [-0.1, -0.05) is 0 Å². The lowest BCUT2D eigenvalue weighted by Crippen LogP contribution is -2.55. The van der Waals surface area contributed by atoms with Gasteiger partial charge in [-0.3, -0.25) is 0 Å². The maximum atomic E-state index is 12.2. The number of nitrogens with one attached hydrogen (secondary N) is 1. The summed E-state index contributed by atoms with van der Waals surface area (Å²) >= 11 is 0. The summed E-state index contributed by atoms with van der Waals surface area (Å²) in [6.07, 6.45) is 3.22. The molecule has 0 radical (unpaired) electrons. The fraction of sp³-hybridized carbons (Fsp3) is 1.00. The van der Waals surface area contributed by atoms with Gasteiger partial charge in [-0.2, -0.15) is 17.4 Å². The molecule has 1 heterocycles. The first-order chi connectivity index (χ1) is 7.34. The van der Waals surface area contributed by atoms with Gasteiger partial charge in [-0.05, 0) is 39.0 Å². The SMILES string of the molecule is CC(C)(CN)NS(=O)(=O)N1CC2CCC1C2. The molecule has 5 nitrogen and oxygen atoms in total. The Hall–Kier alpha value is -0.170. The first-order valence-corrected chi connectivity index (χ1v) is 7.29. The van der Waals surface area contributed by atoms with Gasteiger partial charge in [0.1, 0.15) is 0 Å². The normalized spacial score (nSPS) is 31.2. The molecule has 1 aliphatic heterocycles. The fourth-order valence-electron chi connectivity index (χ4n) is 2.62. The van der Waals surface area contributed by atoms with Crippen LogP contribution in [0.1, 0.15) is 33.1 Å². The van der Waals surface area contributed by atoms with E-state index in [4.69, 9.17) is 5.73 Å². The highest BCUT2D eigenvalue weighted by molar-refractivity contribution is 7.87. The smallest absolute Gasteiger partial charge is 0.280 e. The zero-order chi connectivity index (χ0) is 12.0. The third-order valence-corrected chi connectivity index (χ3v) is 5.46. The summed E-state index contributed by atoms with van der Waals surface area (Å²) in [7, 11) is -3.36. The van der Waals surface area contributed by atoms with Gasteiger partial charge < -0.3 is 5.73 Å². The lowest BCUT2D eigenvalue weighted by Gasteiger charge is -2.31. The molecule has 1 saturated heterocycles. The Morgan fingerprint density at radius 3 is 2.56 bits per heavy atom. The van der Waals surface area contributed by atoms with Crippen LogP contribution in [0.5, 0.6) is 0 Å². The van der Waals surface area contributed by atoms with E-state index in [1.54, 1.807) is 18.2 Å². The van der Waals surface area contributed by atoms with E-state index in [-0.39, 0.29) is 6.04 Å². The standard InChI is InChI=1S/C10H21N3O2S/c1-10(2,7-11)12-16(14,15)13-6-8-3-4-9(13)5-8/h8-9,12H,3-7,11H2,1-2H3. The monoisotopic (exact) mass is 247 g/mol. The second-order valence-corrected chi connectivity index (χ2v) is 7.22. The first kappa shape index (κ1) is 12.3. The second kappa shape index (κ2) is 3.94. The molecule has 2 rings (SSSR count). The van der Waals surface area contributed by atoms with Crippen LogP contribution < -0.4 is 10.5 Å². The minimum absolute atomic E-state index is 0.219. The largest absolute Gasteiger partial charge is 0.329 e. The molecule has 1 saturated carbocycles. The van der Waals surface area contributed by atoms with Crippen LogP contribution in [0.2, 0.25) is 0 Å². The van der Waals surface area contributed by atoms with E-state index >= 15 is 0 Å². The van der Waals surface area contributed by atoms with E-state index in [9.17, 15) is 8.42 Å². The highest BCUT2D eigenvalue weighted by atomic mass is 32.2. The Morgan fingerprint density at radius 1 is 1.44 bits per heavy atom. The number of nitrogens with two attached hydrogens (primary N) is 1. The predicted molar refractivity (Wildman–Crippen MR) is 63.0 cm³/mol. The molecule has 2 fully saturated rings. The molecule has 94 valence electrons. The molecule has 0 amide bonds. The van der Waals surface area contributed by atoms with E-state index in [2.05, 4.69) is 4.72 Å². The first-order valence-electron chi connectivity index (χ1n) is 5.85. The molecule has 0 aromatic rings. The number of nitrogens with zero attached hydrogens (tertiary/aromatic N) is 1. The maximum Gasteiger partial charge on any atom is 0.280 e. The van der Waals surface area contributed by atoms with Crippen molar-refractivity contribution >= 4 is 10.2 Å². The van der Waals surface area contributed by atoms with Crippen LogP contribution in [0.15, 0.2) is 0 Å². The molecular weight excluding hydrogens is 226 g/mol. The molecule has 16 heavy (non-hydrogen) atoms. The minimum Gasteiger partial charge on any atom is -0.329 e. The van der Waals surface area contributed by atoms with Crippen molar-refractivity contribution < 1.29 is 8.42 Å². The van der Waals surface area contributed by atoms with Gasteiger partial charge >= 0.3 is 0 Å². The van der Waals surface area contributed by atoms with Gasteiger partial charge in [0.15, 0.2) is 0 Å². The third kappa shape index (κ3) is 2.25. The van der Waals surface area contributed by atoms with E-state index in [1.165, 1.54) is 6.42 Å². The molecule has 1 aliphatic carbocycles. The second-order valence-electron chi connectivity index (χ2n) is 5.60. The molecule has 3 N–H and O–H groups in total. The zero-order valence-corrected chi connectivity index (χ0v) is 10.8. The van der Waals surface area contributed by atoms with Crippen molar-refractivity contribution in [1.82, 2.24) is 9.03 Å². The van der Waals surface area contributed by atoms with E-state index in [0.29, 0.717) is 19.0 Å². The molecule has 0 aromatic heterocycles. The van der Waals surface area contributed by atoms with E-state index in [0.717, 1.165) is 12.8 Å². The van der Waals surface area contributed by atoms with Gasteiger partial charge in [0, 0.05) is 24.7 Å². The molecule has 0 aromatic carbocycles. The summed E-state index contributed by atoms with van der Waals surface area (Å²) in [6.45, 7) is 4.59. The van der Waals surface area contributed by atoms with Crippen molar-refractivity contribution in [3.8, 4) is 0 Å². The van der Waals surface area contributed by atoms with Gasteiger partial charge in [-0.15, -0.1) is 0 Å². The topological polar surface area (TPSA) is 75.4 Å². The Labute approximate surface area is 97.6 Å². The predicted octanol–water partition coefficient (Wildman–Crippen LogP) is 0.0424. The molecular formula is C10H21N3O2S. The average Bonchev–Trinajstić information content (AvgIpc) is 2.77. The van der Waals surface area contributed by atoms with Crippen molar-refractivity contribution in [2.75, 3.05) is 13.1 Å². The minimum atomic E-state index is -3.36. The Balaban J connectivity index is 2.09. The summed E-state index contributed by atoms with van der Waals surface area (Å²) in [4.78, 5) is 0. The van der Waals surface area contributed by atoms with Crippen LogP contribution >= 0.6 is 0 Å². The Bertz CT molecular complexity index is 366. The van der Waals surface area contributed by atoms with Crippen LogP contribution in [-0.2, 0) is 10.2 Å². The van der Waals surface area contributed by atoms with E-state index in [1.807, 2.05) is 0 Å². The Morgan fingerprint density at radius 2 is 2.12 bits per heavy atom. The lowest BCUT2D eigenvalue weighted by molar-refractivity contribution is 0.319. The number of hydrogen-bond acceptors (Lipinski definition) is 3. The molecule has 2 bridgehead atoms. The highest BCUT2D eigenvalue weighted by Crippen LogP contribution is 2.38. The summed E-state index contributed by atoms with van der Waals surface area (Å²) < 4.78 is 28.6. The summed E-state index contributed by atoms with van der Waals surface area (Å²) in [6, 6.07) is 0.219. The number of piperidine rings is 1. The molecule has 2 aliphatic rings. The molecule has 6 heteroatoms. The fourth-order valence-corrected chi connectivity index (χ4v) is 4.51. The summed E-state index contributed by atoms with van der Waals surface area (Å²) in [5, 5.41) is 0. The lowest BCUT2D eigenvalue weighted by atomic mass is 10.1. The van der Waals surface area contributed by atoms with Crippen LogP contribution in [0, 0.1) is 5.92 Å². The van der Waals surface area contributed by atoms with Gasteiger partial charge in [0.25, 0.3) is 10.2 Å². The zero-order valence-electron chi connectivity index (χ0n) is 9.94. The van der Waals surface area contributed by atoms with Crippen molar-refractivity contribution in [2.45, 2.75) is 44.7 Å². The van der Waals surface area contributed by atoms with Gasteiger partial charge in [-0.25, -0.2) is 0 Å². The number of rotatable bonds is 4. The summed E-state index contributed by atoms with van der Waals surface area (Å²) in [5.74, 6) is 0.572.